The molecule has 0 spiro atoms. The highest BCUT2D eigenvalue weighted by Gasteiger charge is 2.15. The third-order valence-corrected chi connectivity index (χ3v) is 2.76. The summed E-state index contributed by atoms with van der Waals surface area (Å²) in [5.41, 5.74) is 1.10. The van der Waals surface area contributed by atoms with E-state index in [1.165, 1.54) is 0 Å². The van der Waals surface area contributed by atoms with Gasteiger partial charge in [0.1, 0.15) is 5.82 Å². The molecular weight excluding hydrogens is 204 g/mol. The molecule has 0 amide bonds. The number of hydrogen-bond acceptors (Lipinski definition) is 4. The molecule has 1 fully saturated rings. The second kappa shape index (κ2) is 5.82. The second-order valence-electron chi connectivity index (χ2n) is 4.01. The molecule has 1 unspecified atom stereocenters. The molecule has 1 saturated heterocycles. The Labute approximate surface area is 96.0 Å². The molecule has 2 rings (SSSR count). The van der Waals surface area contributed by atoms with E-state index in [-0.39, 0.29) is 0 Å². The van der Waals surface area contributed by atoms with Gasteiger partial charge in [-0.15, -0.1) is 0 Å². The number of aromatic nitrogens is 1. The molecule has 1 atom stereocenters. The van der Waals surface area contributed by atoms with Gasteiger partial charge in [-0.25, -0.2) is 4.98 Å². The van der Waals surface area contributed by atoms with Crippen molar-refractivity contribution in [2.45, 2.75) is 13.0 Å². The van der Waals surface area contributed by atoms with Crippen LogP contribution in [0.2, 0.25) is 0 Å². The Morgan fingerprint density at radius 2 is 2.56 bits per heavy atom. The number of ether oxygens (including phenoxy) is 2. The van der Waals surface area contributed by atoms with Crippen molar-refractivity contribution in [1.82, 2.24) is 4.98 Å². The molecule has 1 aliphatic heterocycles. The second-order valence-corrected chi connectivity index (χ2v) is 4.01. The summed E-state index contributed by atoms with van der Waals surface area (Å²) >= 11 is 0. The van der Waals surface area contributed by atoms with Gasteiger partial charge in [0, 0.05) is 31.3 Å². The summed E-state index contributed by atoms with van der Waals surface area (Å²) in [6.45, 7) is 3.10. The highest BCUT2D eigenvalue weighted by Crippen LogP contribution is 2.15. The zero-order valence-electron chi connectivity index (χ0n) is 9.61. The molecule has 0 saturated carbocycles. The smallest absolute Gasteiger partial charge is 0.131 e. The van der Waals surface area contributed by atoms with Crippen molar-refractivity contribution in [2.75, 3.05) is 32.2 Å². The third-order valence-electron chi connectivity index (χ3n) is 2.76. The zero-order chi connectivity index (χ0) is 11.2. The summed E-state index contributed by atoms with van der Waals surface area (Å²) in [7, 11) is 1.87. The van der Waals surface area contributed by atoms with E-state index in [0.29, 0.717) is 12.5 Å². The minimum atomic E-state index is 0.565. The van der Waals surface area contributed by atoms with E-state index >= 15 is 0 Å². The molecule has 1 aromatic rings. The van der Waals surface area contributed by atoms with E-state index in [9.17, 15) is 0 Å². The number of pyridine rings is 1. The lowest BCUT2D eigenvalue weighted by Gasteiger charge is -2.10. The first-order valence-electron chi connectivity index (χ1n) is 5.67. The molecule has 88 valence electrons. The van der Waals surface area contributed by atoms with Crippen molar-refractivity contribution in [1.29, 1.82) is 0 Å². The van der Waals surface area contributed by atoms with E-state index in [0.717, 1.165) is 37.6 Å². The van der Waals surface area contributed by atoms with Crippen LogP contribution in [-0.2, 0) is 16.1 Å². The minimum Gasteiger partial charge on any atom is -0.381 e. The van der Waals surface area contributed by atoms with Gasteiger partial charge in [0.15, 0.2) is 0 Å². The lowest BCUT2D eigenvalue weighted by Crippen LogP contribution is -2.10. The van der Waals surface area contributed by atoms with Gasteiger partial charge < -0.3 is 14.8 Å². The van der Waals surface area contributed by atoms with Crippen LogP contribution in [0.1, 0.15) is 12.0 Å². The van der Waals surface area contributed by atoms with Crippen LogP contribution in [0, 0.1) is 5.92 Å². The van der Waals surface area contributed by atoms with Gasteiger partial charge in [0.25, 0.3) is 0 Å². The van der Waals surface area contributed by atoms with E-state index in [2.05, 4.69) is 10.3 Å². The maximum absolute atomic E-state index is 5.69. The molecule has 1 N–H and O–H groups in total. The number of hydrogen-bond donors (Lipinski definition) is 1. The van der Waals surface area contributed by atoms with Crippen molar-refractivity contribution in [3.8, 4) is 0 Å². The number of nitrogens with one attached hydrogen (secondary N) is 1. The monoisotopic (exact) mass is 222 g/mol. The Balaban J connectivity index is 1.79. The van der Waals surface area contributed by atoms with Crippen molar-refractivity contribution < 1.29 is 9.47 Å². The summed E-state index contributed by atoms with van der Waals surface area (Å²) in [6.07, 6.45) is 2.89. The maximum atomic E-state index is 5.69. The van der Waals surface area contributed by atoms with Crippen LogP contribution in [0.4, 0.5) is 5.82 Å². The number of nitrogens with zero attached hydrogens (tertiary/aromatic N) is 1. The minimum absolute atomic E-state index is 0.565. The fraction of sp³-hybridized carbons (Fsp3) is 0.583. The van der Waals surface area contributed by atoms with Gasteiger partial charge in [-0.2, -0.15) is 0 Å². The zero-order valence-corrected chi connectivity index (χ0v) is 9.61. The largest absolute Gasteiger partial charge is 0.381 e. The first-order chi connectivity index (χ1) is 7.90. The fourth-order valence-corrected chi connectivity index (χ4v) is 1.83. The molecule has 0 radical (unpaired) electrons. The molecular formula is C12H18N2O2. The highest BCUT2D eigenvalue weighted by atomic mass is 16.5. The molecule has 1 aromatic heterocycles. The first-order valence-corrected chi connectivity index (χ1v) is 5.67. The van der Waals surface area contributed by atoms with Crippen LogP contribution < -0.4 is 5.32 Å². The number of anilines is 1. The summed E-state index contributed by atoms with van der Waals surface area (Å²) < 4.78 is 11.0. The molecule has 16 heavy (non-hydrogen) atoms. The summed E-state index contributed by atoms with van der Waals surface area (Å²) in [5, 5.41) is 3.06. The van der Waals surface area contributed by atoms with Crippen molar-refractivity contribution in [2.24, 2.45) is 5.92 Å². The van der Waals surface area contributed by atoms with Gasteiger partial charge >= 0.3 is 0 Å². The van der Waals surface area contributed by atoms with Crippen LogP contribution in [0.25, 0.3) is 0 Å². The summed E-state index contributed by atoms with van der Waals surface area (Å²) in [4.78, 5) is 4.23. The van der Waals surface area contributed by atoms with Crippen LogP contribution in [0.15, 0.2) is 18.3 Å². The van der Waals surface area contributed by atoms with Gasteiger partial charge in [0.05, 0.1) is 19.8 Å². The highest BCUT2D eigenvalue weighted by molar-refractivity contribution is 5.42. The third kappa shape index (κ3) is 2.93. The van der Waals surface area contributed by atoms with Crippen molar-refractivity contribution in [3.63, 3.8) is 0 Å². The Hall–Kier alpha value is -1.13. The van der Waals surface area contributed by atoms with E-state index < -0.39 is 0 Å². The van der Waals surface area contributed by atoms with E-state index in [4.69, 9.17) is 9.47 Å². The fourth-order valence-electron chi connectivity index (χ4n) is 1.83. The molecule has 0 aromatic carbocycles. The Morgan fingerprint density at radius 3 is 3.31 bits per heavy atom. The summed E-state index contributed by atoms with van der Waals surface area (Å²) in [6, 6.07) is 3.96. The van der Waals surface area contributed by atoms with Crippen molar-refractivity contribution in [3.05, 3.63) is 23.9 Å². The molecule has 0 bridgehead atoms. The first kappa shape index (κ1) is 11.4. The lowest BCUT2D eigenvalue weighted by atomic mass is 10.1. The van der Waals surface area contributed by atoms with Crippen molar-refractivity contribution >= 4 is 5.82 Å². The van der Waals surface area contributed by atoms with E-state index in [1.807, 2.05) is 19.2 Å². The van der Waals surface area contributed by atoms with Gasteiger partial charge in [-0.1, -0.05) is 6.07 Å². The standard InChI is InChI=1S/C12H18N2O2/c1-13-12-11(3-2-5-14-12)9-16-8-10-4-6-15-7-10/h2-3,5,10H,4,6-9H2,1H3,(H,13,14). The molecule has 1 aliphatic rings. The molecule has 4 heteroatoms. The topological polar surface area (TPSA) is 43.4 Å². The average molecular weight is 222 g/mol. The van der Waals surface area contributed by atoms with Crippen LogP contribution in [0.5, 0.6) is 0 Å². The predicted molar refractivity (Wildman–Crippen MR) is 62.4 cm³/mol. The normalized spacial score (nSPS) is 19.9. The van der Waals surface area contributed by atoms with Crippen LogP contribution >= 0.6 is 0 Å². The Morgan fingerprint density at radius 1 is 1.62 bits per heavy atom. The summed E-state index contributed by atoms with van der Waals surface area (Å²) in [5.74, 6) is 1.46. The Bertz CT molecular complexity index is 325. The quantitative estimate of drug-likeness (QED) is 0.823. The maximum Gasteiger partial charge on any atom is 0.131 e. The lowest BCUT2D eigenvalue weighted by molar-refractivity contribution is 0.0793. The molecule has 4 nitrogen and oxygen atoms in total. The van der Waals surface area contributed by atoms with Crippen LogP contribution in [-0.4, -0.2) is 31.9 Å². The van der Waals surface area contributed by atoms with Gasteiger partial charge in [0.2, 0.25) is 0 Å². The predicted octanol–water partition coefficient (Wildman–Crippen LogP) is 1.68. The average Bonchev–Trinajstić information content (AvgIpc) is 2.83. The van der Waals surface area contributed by atoms with Crippen LogP contribution in [0.3, 0.4) is 0 Å². The van der Waals surface area contributed by atoms with Gasteiger partial charge in [-0.05, 0) is 12.5 Å². The molecule has 2 heterocycles. The molecule has 0 aliphatic carbocycles. The van der Waals surface area contributed by atoms with E-state index in [1.54, 1.807) is 6.20 Å². The number of rotatable bonds is 5. The Kier molecular flexibility index (Phi) is 4.13. The SMILES string of the molecule is CNc1ncccc1COCC1CCOC1. The van der Waals surface area contributed by atoms with Gasteiger partial charge in [-0.3, -0.25) is 0 Å².